The summed E-state index contributed by atoms with van der Waals surface area (Å²) in [5.74, 6) is 0.156. The second-order valence-corrected chi connectivity index (χ2v) is 8.43. The first-order valence-electron chi connectivity index (χ1n) is 7.84. The zero-order valence-electron chi connectivity index (χ0n) is 13.3. The van der Waals surface area contributed by atoms with Crippen LogP contribution >= 0.6 is 0 Å². The quantitative estimate of drug-likeness (QED) is 0.837. The van der Waals surface area contributed by atoms with Gasteiger partial charge in [-0.1, -0.05) is 36.8 Å². The molecule has 0 spiro atoms. The largest absolute Gasteiger partial charge is 0.282 e. The molecule has 2 heterocycles. The Morgan fingerprint density at radius 3 is 2.61 bits per heavy atom. The average Bonchev–Trinajstić information content (AvgIpc) is 2.54. The fourth-order valence-electron chi connectivity index (χ4n) is 3.27. The van der Waals surface area contributed by atoms with Crippen LogP contribution in [0.2, 0.25) is 0 Å². The molecule has 1 aromatic carbocycles. The minimum Gasteiger partial charge on any atom is -0.282 e. The fourth-order valence-corrected chi connectivity index (χ4v) is 4.85. The van der Waals surface area contributed by atoms with Crippen LogP contribution in [0, 0.1) is 24.2 Å². The summed E-state index contributed by atoms with van der Waals surface area (Å²) in [5.41, 5.74) is 1.03. The Morgan fingerprint density at radius 1 is 1.26 bits per heavy atom. The zero-order chi connectivity index (χ0) is 16.6. The predicted octanol–water partition coefficient (Wildman–Crippen LogP) is 1.81. The lowest BCUT2D eigenvalue weighted by atomic mass is 9.95. The summed E-state index contributed by atoms with van der Waals surface area (Å²) >= 11 is 0. The highest BCUT2D eigenvalue weighted by molar-refractivity contribution is 7.92. The van der Waals surface area contributed by atoms with Crippen molar-refractivity contribution < 1.29 is 8.42 Å². The number of fused-ring (bicyclic) bond motifs is 1. The first-order valence-corrected chi connectivity index (χ1v) is 9.38. The molecule has 122 valence electrons. The van der Waals surface area contributed by atoms with Crippen molar-refractivity contribution in [3.63, 3.8) is 0 Å². The molecule has 0 amide bonds. The number of nitrogens with zero attached hydrogens (tertiary/aromatic N) is 2. The second kappa shape index (κ2) is 6.08. The van der Waals surface area contributed by atoms with Crippen LogP contribution in [0.25, 0.3) is 0 Å². The van der Waals surface area contributed by atoms with E-state index in [2.05, 4.69) is 11.4 Å². The van der Waals surface area contributed by atoms with E-state index in [4.69, 9.17) is 0 Å². The van der Waals surface area contributed by atoms with Crippen LogP contribution in [0.1, 0.15) is 18.9 Å². The average molecular weight is 331 g/mol. The van der Waals surface area contributed by atoms with E-state index in [0.717, 1.165) is 5.56 Å². The van der Waals surface area contributed by atoms with Crippen LogP contribution in [-0.2, 0) is 9.84 Å². The van der Waals surface area contributed by atoms with Crippen molar-refractivity contribution >= 4 is 9.84 Å². The van der Waals surface area contributed by atoms with Gasteiger partial charge in [0, 0.05) is 12.5 Å². The van der Waals surface area contributed by atoms with E-state index in [1.807, 2.05) is 43.0 Å². The van der Waals surface area contributed by atoms with Gasteiger partial charge in [0.1, 0.15) is 11.4 Å². The Balaban J connectivity index is 1.83. The number of hydrogen-bond donors (Lipinski definition) is 1. The number of benzene rings is 1. The van der Waals surface area contributed by atoms with Crippen LogP contribution in [0.5, 0.6) is 0 Å². The topological polar surface area (TPSA) is 73.2 Å². The molecule has 5 nitrogen and oxygen atoms in total. The van der Waals surface area contributed by atoms with Gasteiger partial charge >= 0.3 is 0 Å². The number of aryl methyl sites for hydroxylation is 1. The SMILES string of the molecule is Cc1ccc(S(=O)(=O)C2CCN3[C@H](C#N)[C@@H](C)C=C[C@H]3N2)cc1. The van der Waals surface area contributed by atoms with Gasteiger partial charge in [-0.05, 0) is 25.5 Å². The molecule has 2 aliphatic rings. The maximum absolute atomic E-state index is 12.8. The van der Waals surface area contributed by atoms with E-state index in [9.17, 15) is 13.7 Å². The zero-order valence-corrected chi connectivity index (χ0v) is 14.1. The van der Waals surface area contributed by atoms with Crippen molar-refractivity contribution in [1.82, 2.24) is 10.2 Å². The Morgan fingerprint density at radius 2 is 1.96 bits per heavy atom. The van der Waals surface area contributed by atoms with Crippen LogP contribution < -0.4 is 5.32 Å². The third kappa shape index (κ3) is 2.92. The van der Waals surface area contributed by atoms with Gasteiger partial charge in [-0.3, -0.25) is 10.2 Å². The molecule has 0 aliphatic carbocycles. The third-order valence-electron chi connectivity index (χ3n) is 4.67. The summed E-state index contributed by atoms with van der Waals surface area (Å²) in [6.45, 7) is 4.54. The van der Waals surface area contributed by atoms with Crippen LogP contribution in [0.4, 0.5) is 0 Å². The third-order valence-corrected chi connectivity index (χ3v) is 6.72. The van der Waals surface area contributed by atoms with Crippen molar-refractivity contribution in [3.05, 3.63) is 42.0 Å². The summed E-state index contributed by atoms with van der Waals surface area (Å²) in [7, 11) is -3.42. The molecule has 1 unspecified atom stereocenters. The molecule has 0 saturated carbocycles. The molecule has 3 rings (SSSR count). The smallest absolute Gasteiger partial charge is 0.194 e. The summed E-state index contributed by atoms with van der Waals surface area (Å²) < 4.78 is 25.6. The van der Waals surface area contributed by atoms with E-state index in [1.165, 1.54) is 0 Å². The summed E-state index contributed by atoms with van der Waals surface area (Å²) in [6.07, 6.45) is 4.23. The van der Waals surface area contributed by atoms with Gasteiger partial charge in [0.25, 0.3) is 0 Å². The molecule has 1 aromatic rings. The molecule has 1 saturated heterocycles. The maximum Gasteiger partial charge on any atom is 0.194 e. The maximum atomic E-state index is 12.8. The molecule has 0 radical (unpaired) electrons. The van der Waals surface area contributed by atoms with Gasteiger partial charge < -0.3 is 0 Å². The first-order chi connectivity index (χ1) is 10.9. The first kappa shape index (κ1) is 16.2. The lowest BCUT2D eigenvalue weighted by molar-refractivity contribution is 0.0982. The van der Waals surface area contributed by atoms with Crippen molar-refractivity contribution in [2.45, 2.75) is 42.7 Å². The lowest BCUT2D eigenvalue weighted by Gasteiger charge is -2.44. The minimum atomic E-state index is -3.42. The molecule has 6 heteroatoms. The lowest BCUT2D eigenvalue weighted by Crippen LogP contribution is -2.62. The van der Waals surface area contributed by atoms with E-state index in [-0.39, 0.29) is 18.1 Å². The van der Waals surface area contributed by atoms with Gasteiger partial charge in [0.05, 0.1) is 17.1 Å². The highest BCUT2D eigenvalue weighted by Gasteiger charge is 2.40. The summed E-state index contributed by atoms with van der Waals surface area (Å²) in [5, 5.41) is 11.9. The molecule has 0 bridgehead atoms. The highest BCUT2D eigenvalue weighted by Crippen LogP contribution is 2.28. The highest BCUT2D eigenvalue weighted by atomic mass is 32.2. The summed E-state index contributed by atoms with van der Waals surface area (Å²) in [6, 6.07) is 9.08. The molecule has 1 fully saturated rings. The Hall–Kier alpha value is -1.68. The predicted molar refractivity (Wildman–Crippen MR) is 88.1 cm³/mol. The van der Waals surface area contributed by atoms with Gasteiger partial charge in [0.2, 0.25) is 0 Å². The molecular weight excluding hydrogens is 310 g/mol. The number of nitrogens with one attached hydrogen (secondary N) is 1. The summed E-state index contributed by atoms with van der Waals surface area (Å²) in [4.78, 5) is 2.39. The molecular formula is C17H21N3O2S. The molecule has 0 aromatic heterocycles. The van der Waals surface area contributed by atoms with Crippen LogP contribution in [-0.4, -0.2) is 37.4 Å². The van der Waals surface area contributed by atoms with Gasteiger partial charge in [-0.15, -0.1) is 0 Å². The minimum absolute atomic E-state index is 0.156. The second-order valence-electron chi connectivity index (χ2n) is 6.30. The monoisotopic (exact) mass is 331 g/mol. The molecule has 1 N–H and O–H groups in total. The van der Waals surface area contributed by atoms with Crippen molar-refractivity contribution in [1.29, 1.82) is 5.26 Å². The Labute approximate surface area is 137 Å². The number of hydrogen-bond acceptors (Lipinski definition) is 5. The van der Waals surface area contributed by atoms with Crippen molar-refractivity contribution in [2.75, 3.05) is 6.54 Å². The van der Waals surface area contributed by atoms with Gasteiger partial charge in [-0.2, -0.15) is 5.26 Å². The van der Waals surface area contributed by atoms with Crippen LogP contribution in [0.3, 0.4) is 0 Å². The molecule has 4 atom stereocenters. The Bertz CT molecular complexity index is 749. The van der Waals surface area contributed by atoms with Crippen molar-refractivity contribution in [2.24, 2.45) is 5.92 Å². The number of nitriles is 1. The molecule has 23 heavy (non-hydrogen) atoms. The number of rotatable bonds is 2. The molecule has 2 aliphatic heterocycles. The van der Waals surface area contributed by atoms with E-state index in [1.54, 1.807) is 12.1 Å². The standard InChI is InChI=1S/C17H21N3O2S/c1-12-3-6-14(7-4-12)23(21,22)17-9-10-20-15(11-18)13(2)5-8-16(20)19-17/h3-8,13,15-17,19H,9-10H2,1-2H3/t13-,15+,16-,17?/m0/s1. The van der Waals surface area contributed by atoms with E-state index < -0.39 is 15.2 Å². The fraction of sp³-hybridized carbons (Fsp3) is 0.471. The number of sulfone groups is 1. The van der Waals surface area contributed by atoms with E-state index >= 15 is 0 Å². The van der Waals surface area contributed by atoms with Crippen LogP contribution in [0.15, 0.2) is 41.3 Å². The Kier molecular flexibility index (Phi) is 4.28. The van der Waals surface area contributed by atoms with Gasteiger partial charge in [0.15, 0.2) is 9.84 Å². The van der Waals surface area contributed by atoms with Gasteiger partial charge in [-0.25, -0.2) is 8.42 Å². The normalized spacial score (nSPS) is 31.3. The van der Waals surface area contributed by atoms with Crippen molar-refractivity contribution in [3.8, 4) is 6.07 Å². The van der Waals surface area contributed by atoms with E-state index in [0.29, 0.717) is 17.9 Å².